The van der Waals surface area contributed by atoms with Gasteiger partial charge in [0, 0.05) is 23.6 Å². The summed E-state index contributed by atoms with van der Waals surface area (Å²) in [4.78, 5) is 2.43. The maximum Gasteiger partial charge on any atom is 0.0510 e. The molecule has 1 rings (SSSR count). The van der Waals surface area contributed by atoms with E-state index in [9.17, 15) is 0 Å². The Labute approximate surface area is 133 Å². The Kier molecular flexibility index (Phi) is 7.60. The topological polar surface area (TPSA) is 15.3 Å². The molecule has 0 bridgehead atoms. The predicted molar refractivity (Wildman–Crippen MR) is 93.6 cm³/mol. The van der Waals surface area contributed by atoms with Gasteiger partial charge in [-0.3, -0.25) is 0 Å². The Morgan fingerprint density at radius 2 is 1.90 bits per heavy atom. The molecule has 1 unspecified atom stereocenters. The van der Waals surface area contributed by atoms with Gasteiger partial charge in [-0.15, -0.1) is 0 Å². The molecule has 1 aromatic rings. The molecule has 1 aromatic carbocycles. The molecule has 1 atom stereocenters. The van der Waals surface area contributed by atoms with Crippen molar-refractivity contribution in [3.8, 4) is 0 Å². The summed E-state index contributed by atoms with van der Waals surface area (Å²) in [6.07, 6.45) is 1.17. The van der Waals surface area contributed by atoms with E-state index < -0.39 is 0 Å². The third-order valence-electron chi connectivity index (χ3n) is 3.48. The van der Waals surface area contributed by atoms with Crippen LogP contribution in [-0.4, -0.2) is 19.6 Å². The largest absolute Gasteiger partial charge is 0.371 e. The van der Waals surface area contributed by atoms with Crippen LogP contribution in [0.3, 0.4) is 0 Å². The summed E-state index contributed by atoms with van der Waals surface area (Å²) in [5.41, 5.74) is 2.64. The molecule has 0 aliphatic heterocycles. The molecule has 1 N–H and O–H groups in total. The fraction of sp³-hybridized carbons (Fsp3) is 0.647. The first kappa shape index (κ1) is 17.5. The number of benzene rings is 1. The van der Waals surface area contributed by atoms with Crippen molar-refractivity contribution in [2.45, 2.75) is 47.1 Å². The van der Waals surface area contributed by atoms with Gasteiger partial charge >= 0.3 is 0 Å². The molecule has 0 spiro atoms. The summed E-state index contributed by atoms with van der Waals surface area (Å²) >= 11 is 3.75. The van der Waals surface area contributed by atoms with Crippen LogP contribution < -0.4 is 10.2 Å². The van der Waals surface area contributed by atoms with E-state index in [1.807, 2.05) is 0 Å². The normalized spacial score (nSPS) is 12.8. The van der Waals surface area contributed by atoms with Crippen LogP contribution in [0.4, 0.5) is 5.69 Å². The molecular formula is C17H29BrN2. The van der Waals surface area contributed by atoms with Gasteiger partial charge in [-0.05, 0) is 66.4 Å². The van der Waals surface area contributed by atoms with Gasteiger partial charge in [-0.25, -0.2) is 0 Å². The SMILES string of the molecule is CCCNC(C)c1ccc(N(CC)CC(C)C)c(Br)c1. The van der Waals surface area contributed by atoms with Gasteiger partial charge in [0.25, 0.3) is 0 Å². The van der Waals surface area contributed by atoms with Crippen molar-refractivity contribution >= 4 is 21.6 Å². The number of anilines is 1. The fourth-order valence-corrected chi connectivity index (χ4v) is 3.01. The average molecular weight is 341 g/mol. The first-order chi connectivity index (χ1) is 9.49. The van der Waals surface area contributed by atoms with Gasteiger partial charge in [0.1, 0.15) is 0 Å². The summed E-state index contributed by atoms with van der Waals surface area (Å²) in [6, 6.07) is 7.15. The van der Waals surface area contributed by atoms with Crippen molar-refractivity contribution in [2.24, 2.45) is 5.92 Å². The van der Waals surface area contributed by atoms with Crippen molar-refractivity contribution in [2.75, 3.05) is 24.5 Å². The molecule has 0 saturated carbocycles. The van der Waals surface area contributed by atoms with Crippen LogP contribution in [0, 0.1) is 5.92 Å². The van der Waals surface area contributed by atoms with E-state index in [1.165, 1.54) is 22.1 Å². The highest BCUT2D eigenvalue weighted by molar-refractivity contribution is 9.10. The summed E-state index contributed by atoms with van der Waals surface area (Å²) < 4.78 is 1.20. The molecule has 3 heteroatoms. The van der Waals surface area contributed by atoms with E-state index in [4.69, 9.17) is 0 Å². The minimum atomic E-state index is 0.403. The molecule has 0 fully saturated rings. The summed E-state index contributed by atoms with van der Waals surface area (Å²) in [5.74, 6) is 0.673. The number of nitrogens with zero attached hydrogens (tertiary/aromatic N) is 1. The molecule has 0 aromatic heterocycles. The van der Waals surface area contributed by atoms with Crippen LogP contribution in [-0.2, 0) is 0 Å². The maximum absolute atomic E-state index is 3.75. The van der Waals surface area contributed by atoms with E-state index >= 15 is 0 Å². The second-order valence-corrected chi connectivity index (χ2v) is 6.67. The third kappa shape index (κ3) is 5.10. The minimum absolute atomic E-state index is 0.403. The molecule has 20 heavy (non-hydrogen) atoms. The maximum atomic E-state index is 3.75. The molecule has 0 saturated heterocycles. The van der Waals surface area contributed by atoms with Crippen LogP contribution >= 0.6 is 15.9 Å². The van der Waals surface area contributed by atoms with Crippen LogP contribution in [0.25, 0.3) is 0 Å². The standard InChI is InChI=1S/C17H29BrN2/c1-6-10-19-14(5)15-8-9-17(16(18)11-15)20(7-2)12-13(3)4/h8-9,11,13-14,19H,6-7,10,12H2,1-5H3. The van der Waals surface area contributed by atoms with Crippen LogP contribution in [0.5, 0.6) is 0 Å². The van der Waals surface area contributed by atoms with Crippen molar-refractivity contribution < 1.29 is 0 Å². The molecular weight excluding hydrogens is 312 g/mol. The number of hydrogen-bond acceptors (Lipinski definition) is 2. The highest BCUT2D eigenvalue weighted by Gasteiger charge is 2.12. The molecule has 0 heterocycles. The highest BCUT2D eigenvalue weighted by Crippen LogP contribution is 2.30. The van der Waals surface area contributed by atoms with Gasteiger partial charge < -0.3 is 10.2 Å². The van der Waals surface area contributed by atoms with E-state index in [-0.39, 0.29) is 0 Å². The summed E-state index contributed by atoms with van der Waals surface area (Å²) in [5, 5.41) is 3.54. The number of halogens is 1. The van der Waals surface area contributed by atoms with Gasteiger partial charge in [0.2, 0.25) is 0 Å². The highest BCUT2D eigenvalue weighted by atomic mass is 79.9. The Bertz CT molecular complexity index is 404. The van der Waals surface area contributed by atoms with Gasteiger partial charge in [-0.2, -0.15) is 0 Å². The summed E-state index contributed by atoms with van der Waals surface area (Å²) in [6.45, 7) is 14.4. The Morgan fingerprint density at radius 3 is 2.40 bits per heavy atom. The smallest absolute Gasteiger partial charge is 0.0510 e. The predicted octanol–water partition coefficient (Wildman–Crippen LogP) is 4.99. The molecule has 0 aliphatic carbocycles. The first-order valence-electron chi connectivity index (χ1n) is 7.77. The van der Waals surface area contributed by atoms with Crippen molar-refractivity contribution in [3.63, 3.8) is 0 Å². The number of rotatable bonds is 8. The molecule has 2 nitrogen and oxygen atoms in total. The minimum Gasteiger partial charge on any atom is -0.371 e. The first-order valence-corrected chi connectivity index (χ1v) is 8.56. The van der Waals surface area contributed by atoms with Crippen LogP contribution in [0.1, 0.15) is 52.6 Å². The zero-order chi connectivity index (χ0) is 15.1. The lowest BCUT2D eigenvalue weighted by Crippen LogP contribution is -2.27. The third-order valence-corrected chi connectivity index (χ3v) is 4.12. The van der Waals surface area contributed by atoms with E-state index in [1.54, 1.807) is 0 Å². The molecule has 0 aliphatic rings. The molecule has 0 amide bonds. The van der Waals surface area contributed by atoms with Crippen LogP contribution in [0.2, 0.25) is 0 Å². The lowest BCUT2D eigenvalue weighted by atomic mass is 10.1. The molecule has 0 radical (unpaired) electrons. The zero-order valence-electron chi connectivity index (χ0n) is 13.5. The molecule has 114 valence electrons. The van der Waals surface area contributed by atoms with E-state index in [2.05, 4.69) is 79.0 Å². The summed E-state index contributed by atoms with van der Waals surface area (Å²) in [7, 11) is 0. The second kappa shape index (κ2) is 8.68. The lowest BCUT2D eigenvalue weighted by molar-refractivity contribution is 0.570. The van der Waals surface area contributed by atoms with Gasteiger partial charge in [0.15, 0.2) is 0 Å². The van der Waals surface area contributed by atoms with Crippen molar-refractivity contribution in [3.05, 3.63) is 28.2 Å². The Hall–Kier alpha value is -0.540. The fourth-order valence-electron chi connectivity index (χ4n) is 2.37. The van der Waals surface area contributed by atoms with E-state index in [0.717, 1.165) is 19.6 Å². The van der Waals surface area contributed by atoms with Crippen molar-refractivity contribution in [1.82, 2.24) is 5.32 Å². The van der Waals surface area contributed by atoms with Gasteiger partial charge in [-0.1, -0.05) is 26.8 Å². The number of nitrogens with one attached hydrogen (secondary N) is 1. The quantitative estimate of drug-likeness (QED) is 0.716. The van der Waals surface area contributed by atoms with Crippen LogP contribution in [0.15, 0.2) is 22.7 Å². The number of hydrogen-bond donors (Lipinski definition) is 1. The monoisotopic (exact) mass is 340 g/mol. The van der Waals surface area contributed by atoms with E-state index in [0.29, 0.717) is 12.0 Å². The zero-order valence-corrected chi connectivity index (χ0v) is 15.1. The Morgan fingerprint density at radius 1 is 1.20 bits per heavy atom. The average Bonchev–Trinajstić information content (AvgIpc) is 2.42. The second-order valence-electron chi connectivity index (χ2n) is 5.82. The lowest BCUT2D eigenvalue weighted by Gasteiger charge is -2.27. The van der Waals surface area contributed by atoms with Gasteiger partial charge in [0.05, 0.1) is 5.69 Å². The Balaban J connectivity index is 2.86. The van der Waals surface area contributed by atoms with Crippen molar-refractivity contribution in [1.29, 1.82) is 0 Å².